The Morgan fingerprint density at radius 2 is 1.67 bits per heavy atom. The number of nitrogens with zero attached hydrogens (tertiary/aromatic N) is 2. The standard InChI is InChI=1S/C15H19N3/c1-11-15(17-12-7-3-2-4-8-12)18-14-10-6-5-9-13(14)16-11/h5-6,9-10,12H,2-4,7-8H2,1H3,(H,17,18). The van der Waals surface area contributed by atoms with Gasteiger partial charge in [0, 0.05) is 6.04 Å². The van der Waals surface area contributed by atoms with Crippen LogP contribution in [0.1, 0.15) is 37.8 Å². The average Bonchev–Trinajstić information content (AvgIpc) is 2.41. The summed E-state index contributed by atoms with van der Waals surface area (Å²) in [5, 5.41) is 3.57. The Hall–Kier alpha value is -1.64. The highest BCUT2D eigenvalue weighted by molar-refractivity contribution is 5.76. The molecule has 3 heteroatoms. The van der Waals surface area contributed by atoms with Gasteiger partial charge >= 0.3 is 0 Å². The van der Waals surface area contributed by atoms with Gasteiger partial charge in [0.15, 0.2) is 0 Å². The zero-order valence-corrected chi connectivity index (χ0v) is 10.8. The normalized spacial score (nSPS) is 16.9. The molecule has 1 fully saturated rings. The van der Waals surface area contributed by atoms with Crippen molar-refractivity contribution in [2.75, 3.05) is 5.32 Å². The van der Waals surface area contributed by atoms with Crippen LogP contribution in [-0.4, -0.2) is 16.0 Å². The molecule has 2 aromatic rings. The van der Waals surface area contributed by atoms with Gasteiger partial charge in [0.1, 0.15) is 5.82 Å². The maximum absolute atomic E-state index is 4.70. The molecular formula is C15H19N3. The molecule has 3 rings (SSSR count). The number of hydrogen-bond donors (Lipinski definition) is 1. The lowest BCUT2D eigenvalue weighted by atomic mass is 9.95. The molecule has 1 aliphatic rings. The fraction of sp³-hybridized carbons (Fsp3) is 0.467. The molecule has 1 heterocycles. The van der Waals surface area contributed by atoms with Crippen LogP contribution in [0.2, 0.25) is 0 Å². The quantitative estimate of drug-likeness (QED) is 0.871. The van der Waals surface area contributed by atoms with Gasteiger partial charge in [0.05, 0.1) is 16.7 Å². The summed E-state index contributed by atoms with van der Waals surface area (Å²) in [7, 11) is 0. The zero-order valence-electron chi connectivity index (χ0n) is 10.8. The predicted molar refractivity (Wildman–Crippen MR) is 74.8 cm³/mol. The second kappa shape index (κ2) is 4.92. The molecule has 1 aromatic carbocycles. The number of anilines is 1. The molecule has 1 aliphatic carbocycles. The SMILES string of the molecule is Cc1nc2ccccc2nc1NC1CCCCC1. The summed E-state index contributed by atoms with van der Waals surface area (Å²) in [6, 6.07) is 8.63. The van der Waals surface area contributed by atoms with Crippen molar-refractivity contribution in [3.05, 3.63) is 30.0 Å². The van der Waals surface area contributed by atoms with Gasteiger partial charge in [-0.2, -0.15) is 0 Å². The zero-order chi connectivity index (χ0) is 12.4. The Balaban J connectivity index is 1.88. The summed E-state index contributed by atoms with van der Waals surface area (Å²) in [5.74, 6) is 0.959. The van der Waals surface area contributed by atoms with Crippen LogP contribution < -0.4 is 5.32 Å². The molecule has 3 nitrogen and oxygen atoms in total. The first-order valence-electron chi connectivity index (χ1n) is 6.83. The van der Waals surface area contributed by atoms with Crippen LogP contribution in [-0.2, 0) is 0 Å². The van der Waals surface area contributed by atoms with Crippen LogP contribution in [0.4, 0.5) is 5.82 Å². The maximum atomic E-state index is 4.70. The molecule has 1 N–H and O–H groups in total. The lowest BCUT2D eigenvalue weighted by Gasteiger charge is -2.23. The Bertz CT molecular complexity index is 544. The smallest absolute Gasteiger partial charge is 0.148 e. The molecule has 0 amide bonds. The predicted octanol–water partition coefficient (Wildman–Crippen LogP) is 3.68. The van der Waals surface area contributed by atoms with Crippen molar-refractivity contribution < 1.29 is 0 Å². The molecule has 18 heavy (non-hydrogen) atoms. The summed E-state index contributed by atoms with van der Waals surface area (Å²) in [6.07, 6.45) is 6.55. The first-order valence-corrected chi connectivity index (χ1v) is 6.83. The molecule has 0 spiro atoms. The Morgan fingerprint density at radius 3 is 2.39 bits per heavy atom. The van der Waals surface area contributed by atoms with E-state index < -0.39 is 0 Å². The summed E-state index contributed by atoms with van der Waals surface area (Å²) < 4.78 is 0. The minimum absolute atomic E-state index is 0.577. The van der Waals surface area contributed by atoms with Gasteiger partial charge in [-0.15, -0.1) is 0 Å². The second-order valence-corrected chi connectivity index (χ2v) is 5.13. The van der Waals surface area contributed by atoms with Crippen molar-refractivity contribution >= 4 is 16.9 Å². The van der Waals surface area contributed by atoms with Gasteiger partial charge in [-0.3, -0.25) is 0 Å². The van der Waals surface area contributed by atoms with Crippen LogP contribution in [0.3, 0.4) is 0 Å². The second-order valence-electron chi connectivity index (χ2n) is 5.13. The number of aromatic nitrogens is 2. The number of benzene rings is 1. The highest BCUT2D eigenvalue weighted by atomic mass is 15.0. The van der Waals surface area contributed by atoms with Gasteiger partial charge < -0.3 is 5.32 Å². The fourth-order valence-electron chi connectivity index (χ4n) is 2.67. The summed E-state index contributed by atoms with van der Waals surface area (Å²) >= 11 is 0. The third-order valence-corrected chi connectivity index (χ3v) is 3.69. The highest BCUT2D eigenvalue weighted by Gasteiger charge is 2.15. The van der Waals surface area contributed by atoms with Crippen molar-refractivity contribution in [1.82, 2.24) is 9.97 Å². The van der Waals surface area contributed by atoms with Crippen molar-refractivity contribution in [2.45, 2.75) is 45.1 Å². The topological polar surface area (TPSA) is 37.8 Å². The van der Waals surface area contributed by atoms with Crippen molar-refractivity contribution in [2.24, 2.45) is 0 Å². The van der Waals surface area contributed by atoms with E-state index in [4.69, 9.17) is 4.98 Å². The van der Waals surface area contributed by atoms with E-state index in [1.807, 2.05) is 31.2 Å². The molecule has 0 atom stereocenters. The summed E-state index contributed by atoms with van der Waals surface area (Å²) in [5.41, 5.74) is 2.95. The molecule has 0 saturated heterocycles. The lowest BCUT2D eigenvalue weighted by Crippen LogP contribution is -2.23. The van der Waals surface area contributed by atoms with E-state index in [2.05, 4.69) is 10.3 Å². The number of para-hydroxylation sites is 2. The largest absolute Gasteiger partial charge is 0.366 e. The van der Waals surface area contributed by atoms with E-state index in [0.29, 0.717) is 6.04 Å². The van der Waals surface area contributed by atoms with E-state index in [1.54, 1.807) is 0 Å². The van der Waals surface area contributed by atoms with Gasteiger partial charge in [-0.25, -0.2) is 9.97 Å². The third kappa shape index (κ3) is 2.30. The molecule has 1 aromatic heterocycles. The first kappa shape index (κ1) is 11.5. The molecule has 0 radical (unpaired) electrons. The summed E-state index contributed by atoms with van der Waals surface area (Å²) in [4.78, 5) is 9.31. The van der Waals surface area contributed by atoms with Crippen LogP contribution >= 0.6 is 0 Å². The molecule has 0 aliphatic heterocycles. The molecular weight excluding hydrogens is 222 g/mol. The minimum atomic E-state index is 0.577. The van der Waals surface area contributed by atoms with Crippen molar-refractivity contribution in [3.8, 4) is 0 Å². The van der Waals surface area contributed by atoms with Gasteiger partial charge in [0.25, 0.3) is 0 Å². The van der Waals surface area contributed by atoms with Gasteiger partial charge in [-0.1, -0.05) is 31.4 Å². The molecule has 0 bridgehead atoms. The number of fused-ring (bicyclic) bond motifs is 1. The molecule has 0 unspecified atom stereocenters. The molecule has 94 valence electrons. The van der Waals surface area contributed by atoms with E-state index >= 15 is 0 Å². The number of hydrogen-bond acceptors (Lipinski definition) is 3. The third-order valence-electron chi connectivity index (χ3n) is 3.69. The highest BCUT2D eigenvalue weighted by Crippen LogP contribution is 2.23. The van der Waals surface area contributed by atoms with E-state index in [1.165, 1.54) is 32.1 Å². The number of rotatable bonds is 2. The van der Waals surface area contributed by atoms with E-state index in [-0.39, 0.29) is 0 Å². The Kier molecular flexibility index (Phi) is 3.13. The van der Waals surface area contributed by atoms with Crippen molar-refractivity contribution in [3.63, 3.8) is 0 Å². The van der Waals surface area contributed by atoms with Gasteiger partial charge in [-0.05, 0) is 31.9 Å². The van der Waals surface area contributed by atoms with E-state index in [9.17, 15) is 0 Å². The van der Waals surface area contributed by atoms with E-state index in [0.717, 1.165) is 22.5 Å². The maximum Gasteiger partial charge on any atom is 0.148 e. The first-order chi connectivity index (χ1) is 8.83. The molecule has 1 saturated carbocycles. The number of nitrogens with one attached hydrogen (secondary N) is 1. The Labute approximate surface area is 108 Å². The van der Waals surface area contributed by atoms with Crippen LogP contribution in [0.15, 0.2) is 24.3 Å². The Morgan fingerprint density at radius 1 is 1.00 bits per heavy atom. The average molecular weight is 241 g/mol. The van der Waals surface area contributed by atoms with Crippen LogP contribution in [0.5, 0.6) is 0 Å². The fourth-order valence-corrected chi connectivity index (χ4v) is 2.67. The summed E-state index contributed by atoms with van der Waals surface area (Å²) in [6.45, 7) is 2.03. The van der Waals surface area contributed by atoms with Crippen LogP contribution in [0.25, 0.3) is 11.0 Å². The van der Waals surface area contributed by atoms with Crippen LogP contribution in [0, 0.1) is 6.92 Å². The monoisotopic (exact) mass is 241 g/mol. The number of aryl methyl sites for hydroxylation is 1. The lowest BCUT2D eigenvalue weighted by molar-refractivity contribution is 0.461. The minimum Gasteiger partial charge on any atom is -0.366 e. The van der Waals surface area contributed by atoms with Crippen molar-refractivity contribution in [1.29, 1.82) is 0 Å². The van der Waals surface area contributed by atoms with Gasteiger partial charge in [0.2, 0.25) is 0 Å².